The second-order valence-corrected chi connectivity index (χ2v) is 4.84. The molecule has 1 rings (SSSR count). The molecular weight excluding hydrogens is 285 g/mol. The number of hydrogen-bond acceptors (Lipinski definition) is 3. The summed E-state index contributed by atoms with van der Waals surface area (Å²) in [6.45, 7) is 4.00. The predicted molar refractivity (Wildman–Crippen MR) is 73.8 cm³/mol. The number of carbonyl (C=O) groups is 1. The number of H-pyrrole nitrogens is 1. The highest BCUT2D eigenvalue weighted by molar-refractivity contribution is 5.97. The number of carbonyl (C=O) groups excluding carboxylic acids is 1. The van der Waals surface area contributed by atoms with Crippen molar-refractivity contribution in [2.75, 3.05) is 12.3 Å². The summed E-state index contributed by atoms with van der Waals surface area (Å²) >= 11 is 0. The predicted octanol–water partition coefficient (Wildman–Crippen LogP) is 2.75. The number of hydrogen-bond donors (Lipinski definition) is 2. The standard InChI is InChI=1S/C13H21F3N4O/c1-4-8(5-2)20(7-13(14,15)16)12(21)11-10(17)9(6-3)18-19-11/h8H,4-7,17H2,1-3H3,(H,18,19). The van der Waals surface area contributed by atoms with Gasteiger partial charge < -0.3 is 10.6 Å². The maximum Gasteiger partial charge on any atom is 0.406 e. The molecule has 0 bridgehead atoms. The van der Waals surface area contributed by atoms with Gasteiger partial charge in [-0.05, 0) is 19.3 Å². The summed E-state index contributed by atoms with van der Waals surface area (Å²) in [6.07, 6.45) is -3.07. The van der Waals surface area contributed by atoms with Crippen molar-refractivity contribution in [3.8, 4) is 0 Å². The lowest BCUT2D eigenvalue weighted by Crippen LogP contribution is -2.45. The molecule has 0 aliphatic carbocycles. The van der Waals surface area contributed by atoms with E-state index in [4.69, 9.17) is 5.73 Å². The Morgan fingerprint density at radius 1 is 1.33 bits per heavy atom. The van der Waals surface area contributed by atoms with Crippen LogP contribution < -0.4 is 5.73 Å². The van der Waals surface area contributed by atoms with Crippen LogP contribution in [-0.2, 0) is 6.42 Å². The van der Waals surface area contributed by atoms with E-state index in [0.717, 1.165) is 4.90 Å². The summed E-state index contributed by atoms with van der Waals surface area (Å²) < 4.78 is 38.2. The van der Waals surface area contributed by atoms with Crippen LogP contribution in [0.2, 0.25) is 0 Å². The normalized spacial score (nSPS) is 12.0. The van der Waals surface area contributed by atoms with Gasteiger partial charge in [-0.15, -0.1) is 0 Å². The van der Waals surface area contributed by atoms with Gasteiger partial charge in [0.25, 0.3) is 5.91 Å². The van der Waals surface area contributed by atoms with E-state index in [1.807, 2.05) is 6.92 Å². The smallest absolute Gasteiger partial charge is 0.395 e. The largest absolute Gasteiger partial charge is 0.406 e. The molecular formula is C13H21F3N4O. The molecule has 21 heavy (non-hydrogen) atoms. The monoisotopic (exact) mass is 306 g/mol. The molecule has 0 saturated heterocycles. The Kier molecular flexibility index (Phi) is 5.62. The van der Waals surface area contributed by atoms with Gasteiger partial charge in [-0.25, -0.2) is 0 Å². The zero-order valence-corrected chi connectivity index (χ0v) is 12.4. The Balaban J connectivity index is 3.12. The van der Waals surface area contributed by atoms with Gasteiger partial charge in [0, 0.05) is 6.04 Å². The van der Waals surface area contributed by atoms with Gasteiger partial charge in [-0.3, -0.25) is 9.89 Å². The van der Waals surface area contributed by atoms with Crippen LogP contribution in [0.3, 0.4) is 0 Å². The van der Waals surface area contributed by atoms with Crippen LogP contribution in [0.4, 0.5) is 18.9 Å². The molecule has 0 spiro atoms. The minimum Gasteiger partial charge on any atom is -0.395 e. The third-order valence-electron chi connectivity index (χ3n) is 3.43. The summed E-state index contributed by atoms with van der Waals surface area (Å²) in [5, 5.41) is 6.37. The summed E-state index contributed by atoms with van der Waals surface area (Å²) in [5.41, 5.74) is 6.32. The lowest BCUT2D eigenvalue weighted by Gasteiger charge is -2.30. The summed E-state index contributed by atoms with van der Waals surface area (Å²) in [6, 6.07) is -0.500. The highest BCUT2D eigenvalue weighted by Gasteiger charge is 2.37. The maximum atomic E-state index is 12.7. The first-order valence-corrected chi connectivity index (χ1v) is 6.95. The lowest BCUT2D eigenvalue weighted by atomic mass is 10.1. The molecule has 3 N–H and O–H groups in total. The molecule has 120 valence electrons. The number of nitrogens with zero attached hydrogens (tertiary/aromatic N) is 2. The van der Waals surface area contributed by atoms with E-state index in [9.17, 15) is 18.0 Å². The van der Waals surface area contributed by atoms with Gasteiger partial charge >= 0.3 is 6.18 Å². The van der Waals surface area contributed by atoms with Crippen molar-refractivity contribution >= 4 is 11.6 Å². The second-order valence-electron chi connectivity index (χ2n) is 4.84. The van der Waals surface area contributed by atoms with Crippen molar-refractivity contribution < 1.29 is 18.0 Å². The molecule has 0 radical (unpaired) electrons. The van der Waals surface area contributed by atoms with E-state index >= 15 is 0 Å². The fourth-order valence-corrected chi connectivity index (χ4v) is 2.24. The quantitative estimate of drug-likeness (QED) is 0.848. The highest BCUT2D eigenvalue weighted by Crippen LogP contribution is 2.24. The number of aromatic amines is 1. The molecule has 0 saturated carbocycles. The molecule has 0 aliphatic rings. The van der Waals surface area contributed by atoms with Crippen LogP contribution in [0.15, 0.2) is 0 Å². The van der Waals surface area contributed by atoms with Gasteiger partial charge in [0.05, 0.1) is 11.4 Å². The van der Waals surface area contributed by atoms with Crippen molar-refractivity contribution in [3.63, 3.8) is 0 Å². The first kappa shape index (κ1) is 17.3. The molecule has 0 aromatic carbocycles. The zero-order chi connectivity index (χ0) is 16.2. The number of rotatable bonds is 6. The fourth-order valence-electron chi connectivity index (χ4n) is 2.24. The minimum absolute atomic E-state index is 0.126. The van der Waals surface area contributed by atoms with Crippen molar-refractivity contribution in [2.24, 2.45) is 0 Å². The van der Waals surface area contributed by atoms with Crippen molar-refractivity contribution in [1.82, 2.24) is 15.1 Å². The first-order valence-electron chi connectivity index (χ1n) is 6.95. The Bertz CT molecular complexity index is 480. The summed E-state index contributed by atoms with van der Waals surface area (Å²) in [7, 11) is 0. The number of nitrogens with one attached hydrogen (secondary N) is 1. The van der Waals surface area contributed by atoms with E-state index in [1.165, 1.54) is 0 Å². The molecule has 1 aromatic heterocycles. The minimum atomic E-state index is -4.46. The van der Waals surface area contributed by atoms with Crippen molar-refractivity contribution in [3.05, 3.63) is 11.4 Å². The molecule has 0 unspecified atom stereocenters. The van der Waals surface area contributed by atoms with E-state index in [0.29, 0.717) is 25.0 Å². The Morgan fingerprint density at radius 2 is 1.90 bits per heavy atom. The van der Waals surface area contributed by atoms with Crippen LogP contribution in [0.1, 0.15) is 49.8 Å². The van der Waals surface area contributed by atoms with Crippen LogP contribution in [0, 0.1) is 0 Å². The van der Waals surface area contributed by atoms with Crippen LogP contribution in [0.5, 0.6) is 0 Å². The third kappa shape index (κ3) is 4.12. The molecule has 1 amide bonds. The van der Waals surface area contributed by atoms with Crippen LogP contribution in [0.25, 0.3) is 0 Å². The molecule has 1 heterocycles. The van der Waals surface area contributed by atoms with E-state index in [1.54, 1.807) is 13.8 Å². The number of amides is 1. The molecule has 0 aliphatic heterocycles. The molecule has 0 fully saturated rings. The highest BCUT2D eigenvalue weighted by atomic mass is 19.4. The van der Waals surface area contributed by atoms with E-state index in [2.05, 4.69) is 10.2 Å². The average molecular weight is 306 g/mol. The fraction of sp³-hybridized carbons (Fsp3) is 0.692. The average Bonchev–Trinajstić information content (AvgIpc) is 2.78. The molecule has 5 nitrogen and oxygen atoms in total. The summed E-state index contributed by atoms with van der Waals surface area (Å²) in [5.74, 6) is -0.783. The van der Waals surface area contributed by atoms with Gasteiger partial charge in [0.1, 0.15) is 6.54 Å². The Morgan fingerprint density at radius 3 is 2.29 bits per heavy atom. The van der Waals surface area contributed by atoms with Gasteiger partial charge in [-0.2, -0.15) is 18.3 Å². The van der Waals surface area contributed by atoms with Crippen molar-refractivity contribution in [2.45, 2.75) is 52.3 Å². The number of anilines is 1. The van der Waals surface area contributed by atoms with Crippen molar-refractivity contribution in [1.29, 1.82) is 0 Å². The number of alkyl halides is 3. The maximum absolute atomic E-state index is 12.7. The Labute approximate surface area is 121 Å². The number of nitrogens with two attached hydrogens (primary N) is 1. The lowest BCUT2D eigenvalue weighted by molar-refractivity contribution is -0.145. The van der Waals surface area contributed by atoms with Gasteiger partial charge in [0.15, 0.2) is 5.69 Å². The van der Waals surface area contributed by atoms with Crippen LogP contribution in [-0.4, -0.2) is 39.8 Å². The van der Waals surface area contributed by atoms with Gasteiger partial charge in [-0.1, -0.05) is 20.8 Å². The summed E-state index contributed by atoms with van der Waals surface area (Å²) in [4.78, 5) is 13.2. The number of halogens is 3. The SMILES string of the molecule is CCc1[nH]nc(C(=O)N(CC(F)(F)F)C(CC)CC)c1N. The third-order valence-corrected chi connectivity index (χ3v) is 3.43. The van der Waals surface area contributed by atoms with Gasteiger partial charge in [0.2, 0.25) is 0 Å². The first-order chi connectivity index (χ1) is 9.75. The number of aryl methyl sites for hydroxylation is 1. The number of aromatic nitrogens is 2. The van der Waals surface area contributed by atoms with E-state index in [-0.39, 0.29) is 11.4 Å². The van der Waals surface area contributed by atoms with E-state index < -0.39 is 24.7 Å². The number of nitrogen functional groups attached to an aromatic ring is 1. The van der Waals surface area contributed by atoms with Crippen LogP contribution >= 0.6 is 0 Å². The molecule has 0 atom stereocenters. The molecule has 1 aromatic rings. The Hall–Kier alpha value is -1.73. The second kappa shape index (κ2) is 6.82. The molecule has 8 heteroatoms. The zero-order valence-electron chi connectivity index (χ0n) is 12.4. The topological polar surface area (TPSA) is 75.0 Å².